The van der Waals surface area contributed by atoms with Crippen LogP contribution in [0.25, 0.3) is 0 Å². The molecule has 0 radical (unpaired) electrons. The molecule has 0 N–H and O–H groups in total. The van der Waals surface area contributed by atoms with Gasteiger partial charge in [-0.15, -0.1) is 10.1 Å². The molecule has 0 aliphatic carbocycles. The first kappa shape index (κ1) is 52.7. The molecule has 2 fully saturated rings. The van der Waals surface area contributed by atoms with Crippen LogP contribution in [0.15, 0.2) is 53.0 Å². The second-order valence-corrected chi connectivity index (χ2v) is 27.7. The van der Waals surface area contributed by atoms with Gasteiger partial charge in [0.05, 0.1) is 5.56 Å². The number of hydrogen-bond donors (Lipinski definition) is 0. The van der Waals surface area contributed by atoms with Gasteiger partial charge in [0, 0.05) is 141 Å². The van der Waals surface area contributed by atoms with Crippen molar-refractivity contribution in [2.75, 3.05) is 20.6 Å². The molecular formula is C27H28Br2N3NiO8S12-2. The van der Waals surface area contributed by atoms with Gasteiger partial charge in [0.1, 0.15) is 0 Å². The molecule has 0 aromatic heterocycles. The molecule has 0 spiro atoms. The molecule has 4 rings (SSSR count). The summed E-state index contributed by atoms with van der Waals surface area (Å²) < 4.78 is 0.822. The van der Waals surface area contributed by atoms with Crippen LogP contribution < -0.4 is 0 Å². The van der Waals surface area contributed by atoms with Crippen LogP contribution in [-0.4, -0.2) is 71.2 Å². The summed E-state index contributed by atoms with van der Waals surface area (Å²) in [5.74, 6) is -3.39. The third-order valence-corrected chi connectivity index (χ3v) is 25.8. The summed E-state index contributed by atoms with van der Waals surface area (Å²) in [5, 5.41) is 1.06. The fourth-order valence-electron chi connectivity index (χ4n) is 3.10. The van der Waals surface area contributed by atoms with E-state index >= 15 is 0 Å². The van der Waals surface area contributed by atoms with Gasteiger partial charge in [-0.1, -0.05) is 15.9 Å². The second-order valence-electron chi connectivity index (χ2n) is 9.05. The van der Waals surface area contributed by atoms with Crippen molar-refractivity contribution in [3.05, 3.63) is 77.1 Å². The fraction of sp³-hybridized carbons (Fsp3) is 0.296. The molecule has 2 saturated heterocycles. The van der Waals surface area contributed by atoms with Crippen LogP contribution >= 0.6 is 30.2 Å². The molecule has 53 heavy (non-hydrogen) atoms. The van der Waals surface area contributed by atoms with Crippen molar-refractivity contribution >= 4 is 177 Å². The summed E-state index contributed by atoms with van der Waals surface area (Å²) >= 11 is 18.9. The van der Waals surface area contributed by atoms with Crippen molar-refractivity contribution in [2.45, 2.75) is 32.1 Å². The first-order valence-corrected chi connectivity index (χ1v) is 31.7. The van der Waals surface area contributed by atoms with Gasteiger partial charge in [0.25, 0.3) is 23.6 Å². The van der Waals surface area contributed by atoms with Gasteiger partial charge in [0.2, 0.25) is 0 Å². The van der Waals surface area contributed by atoms with Crippen LogP contribution in [-0.2, 0) is 154 Å². The Hall–Kier alpha value is -0.286. The monoisotopic (exact) mass is 1120 g/mol. The van der Waals surface area contributed by atoms with E-state index in [4.69, 9.17) is 9.68 Å². The zero-order chi connectivity index (χ0) is 40.0. The molecule has 2 aliphatic heterocycles. The molecule has 0 saturated carbocycles. The van der Waals surface area contributed by atoms with Crippen molar-refractivity contribution in [3.63, 3.8) is 0 Å². The molecular weight excluding hydrogens is 1100 g/mol. The Morgan fingerprint density at radius 2 is 1.06 bits per heavy atom. The summed E-state index contributed by atoms with van der Waals surface area (Å²) in [5.41, 5.74) is 0.548. The van der Waals surface area contributed by atoms with E-state index in [0.717, 1.165) is 17.4 Å². The molecule has 2 aromatic carbocycles. The number of halogens is 2. The van der Waals surface area contributed by atoms with E-state index < -0.39 is 35.6 Å². The fourth-order valence-corrected chi connectivity index (χ4v) is 25.3. The van der Waals surface area contributed by atoms with E-state index in [1.807, 2.05) is 14.1 Å². The van der Waals surface area contributed by atoms with Crippen LogP contribution in [0, 0.1) is 13.0 Å². The van der Waals surface area contributed by atoms with Crippen molar-refractivity contribution in [1.29, 1.82) is 0 Å². The first-order chi connectivity index (χ1) is 25.4. The maximum atomic E-state index is 11.6. The number of rotatable bonds is 6. The second kappa shape index (κ2) is 33.8. The minimum atomic E-state index is -0.724. The van der Waals surface area contributed by atoms with Crippen molar-refractivity contribution in [3.8, 4) is 0 Å². The van der Waals surface area contributed by atoms with Crippen LogP contribution in [0.5, 0.6) is 0 Å². The quantitative estimate of drug-likeness (QED) is 0.237. The summed E-state index contributed by atoms with van der Waals surface area (Å²) in [7, 11) is 20.4. The van der Waals surface area contributed by atoms with Gasteiger partial charge in [0.15, 0.2) is 0 Å². The zero-order valence-corrected chi connectivity index (χ0v) is 41.1. The maximum absolute atomic E-state index is 11.6. The normalized spacial score (nSPS) is 12.4. The number of benzene rings is 2. The Kier molecular flexibility index (Phi) is 33.6. The topological polar surface area (TPSA) is 131 Å². The number of amides is 4. The van der Waals surface area contributed by atoms with Gasteiger partial charge in [-0.2, -0.15) is 36.8 Å². The SMILES string of the molecule is O=C(ON1C(=O)CCC1=O)c1cc[c-]cc1.O=C(ON1C(=O)CCC1=O)c1ccc(Br)cc1.S=S=S=S=S=S=S=S=S=S=S=S.[CH2-]CCN(C)C.[Ni][Br]. The number of carbonyl (C=O) groups is 6. The van der Waals surface area contributed by atoms with Crippen LogP contribution in [0.4, 0.5) is 0 Å². The molecule has 2 aliphatic rings. The summed E-state index contributed by atoms with van der Waals surface area (Å²) in [6.07, 6.45) is 1.37. The van der Waals surface area contributed by atoms with E-state index in [2.05, 4.69) is 84.1 Å². The van der Waals surface area contributed by atoms with Crippen molar-refractivity contribution in [2.24, 2.45) is 0 Å². The van der Waals surface area contributed by atoms with Gasteiger partial charge in [-0.05, 0) is 50.5 Å². The van der Waals surface area contributed by atoms with Gasteiger partial charge in [-0.25, -0.2) is 9.59 Å². The molecule has 2 heterocycles. The van der Waals surface area contributed by atoms with Crippen LogP contribution in [0.2, 0.25) is 0 Å². The Bertz CT molecular complexity index is 1920. The summed E-state index contributed by atoms with van der Waals surface area (Å²) in [6, 6.07) is 15.2. The van der Waals surface area contributed by atoms with Crippen molar-refractivity contribution < 1.29 is 52.1 Å². The third kappa shape index (κ3) is 24.9. The number of hydroxylamine groups is 4. The molecule has 2 aromatic rings. The predicted molar refractivity (Wildman–Crippen MR) is 238 cm³/mol. The number of carbonyl (C=O) groups excluding carboxylic acids is 6. The first-order valence-electron chi connectivity index (χ1n) is 13.8. The molecule has 0 unspecified atom stereocenters. The van der Waals surface area contributed by atoms with Gasteiger partial charge >= 0.3 is 39.9 Å². The summed E-state index contributed by atoms with van der Waals surface area (Å²) in [4.78, 5) is 79.5. The molecule has 0 bridgehead atoms. The van der Waals surface area contributed by atoms with E-state index in [1.54, 1.807) is 95.3 Å². The Labute approximate surface area is 369 Å². The van der Waals surface area contributed by atoms with E-state index in [0.29, 0.717) is 10.1 Å². The van der Waals surface area contributed by atoms with Gasteiger partial charge < -0.3 is 21.5 Å². The Morgan fingerprint density at radius 3 is 1.36 bits per heavy atom. The Morgan fingerprint density at radius 1 is 0.717 bits per heavy atom. The zero-order valence-electron chi connectivity index (χ0n) is 27.1. The van der Waals surface area contributed by atoms with Crippen LogP contribution in [0.1, 0.15) is 52.8 Å². The van der Waals surface area contributed by atoms with Crippen molar-refractivity contribution in [1.82, 2.24) is 15.0 Å². The standard InChI is InChI=1S/C11H8BrNO4.C11H8NO4.C5H12N.BrH.Ni.S12/c12-8-3-1-7(2-4-8)11(16)17-13-9(14)5-6-10(13)15;13-9-6-7-10(14)12(9)16-11(15)8-4-2-1-3-5-8;1-4-5-6(2)3;;;1-3-5-7-9-11-12-10-8-6-4-2/h1-4H,5-6H2;2-5H,6-7H2;1,4-5H2,2-3H3;1H;;/q;2*-1;;+1;/p-1. The molecule has 11 nitrogen and oxygen atoms in total. The van der Waals surface area contributed by atoms with E-state index in [9.17, 15) is 28.8 Å². The van der Waals surface area contributed by atoms with Gasteiger partial charge in [-0.3, -0.25) is 19.2 Å². The number of imide groups is 2. The molecule has 4 amide bonds. The third-order valence-electron chi connectivity index (χ3n) is 5.25. The van der Waals surface area contributed by atoms with E-state index in [-0.39, 0.29) is 36.8 Å². The predicted octanol–water partition coefficient (Wildman–Crippen LogP) is 3.96. The minimum absolute atomic E-state index is 0.0897. The summed E-state index contributed by atoms with van der Waals surface area (Å²) in [6.45, 7) is 4.78. The molecule has 0 atom stereocenters. The molecule has 26 heteroatoms. The average Bonchev–Trinajstić information content (AvgIpc) is 3.65. The number of hydrogen-bond acceptors (Lipinski definition) is 11. The van der Waals surface area contributed by atoms with E-state index in [1.165, 1.54) is 42.0 Å². The molecule has 297 valence electrons. The van der Waals surface area contributed by atoms with Crippen LogP contribution in [0.3, 0.4) is 0 Å². The average molecular weight is 1130 g/mol. The number of nitrogens with zero attached hydrogens (tertiary/aromatic N) is 3. The Balaban J connectivity index is 0.000000704.